The van der Waals surface area contributed by atoms with E-state index in [0.29, 0.717) is 36.1 Å². The normalized spacial score (nSPS) is 18.2. The number of rotatable bonds is 8. The minimum atomic E-state index is -0.566. The molecule has 24 heavy (non-hydrogen) atoms. The van der Waals surface area contributed by atoms with Crippen molar-refractivity contribution in [3.63, 3.8) is 0 Å². The Morgan fingerprint density at radius 3 is 2.88 bits per heavy atom. The molecule has 7 heteroatoms. The van der Waals surface area contributed by atoms with Crippen LogP contribution in [-0.4, -0.2) is 49.6 Å². The topological polar surface area (TPSA) is 67.4 Å². The van der Waals surface area contributed by atoms with E-state index >= 15 is 0 Å². The predicted octanol–water partition coefficient (Wildman–Crippen LogP) is 2.34. The molecule has 1 aliphatic heterocycles. The Morgan fingerprint density at radius 2 is 2.21 bits per heavy atom. The molecule has 5 nitrogen and oxygen atoms in total. The number of amides is 2. The van der Waals surface area contributed by atoms with Crippen molar-refractivity contribution in [2.24, 2.45) is 5.92 Å². The van der Waals surface area contributed by atoms with E-state index in [9.17, 15) is 9.59 Å². The molecular formula is C17H23ClN2O3S. The van der Waals surface area contributed by atoms with Gasteiger partial charge in [0.25, 0.3) is 5.91 Å². The summed E-state index contributed by atoms with van der Waals surface area (Å²) in [5.41, 5.74) is 0.380. The van der Waals surface area contributed by atoms with Crippen molar-refractivity contribution in [2.45, 2.75) is 18.9 Å². The van der Waals surface area contributed by atoms with E-state index in [2.05, 4.69) is 10.6 Å². The Kier molecular flexibility index (Phi) is 7.88. The van der Waals surface area contributed by atoms with Crippen LogP contribution in [0.2, 0.25) is 5.02 Å². The van der Waals surface area contributed by atoms with E-state index in [1.807, 2.05) is 6.26 Å². The smallest absolute Gasteiger partial charge is 0.253 e. The molecule has 1 fully saturated rings. The van der Waals surface area contributed by atoms with Crippen molar-refractivity contribution in [3.05, 3.63) is 34.9 Å². The minimum absolute atomic E-state index is 0.156. The van der Waals surface area contributed by atoms with Crippen LogP contribution in [0.5, 0.6) is 0 Å². The molecule has 0 spiro atoms. The lowest BCUT2D eigenvalue weighted by atomic mass is 10.1. The van der Waals surface area contributed by atoms with Gasteiger partial charge in [0.2, 0.25) is 5.91 Å². The molecule has 2 N–H and O–H groups in total. The monoisotopic (exact) mass is 370 g/mol. The molecule has 2 rings (SSSR count). The van der Waals surface area contributed by atoms with Crippen molar-refractivity contribution >= 4 is 35.2 Å². The van der Waals surface area contributed by atoms with Crippen LogP contribution in [0, 0.1) is 5.92 Å². The Labute approximate surface area is 151 Å². The quantitative estimate of drug-likeness (QED) is 0.737. The summed E-state index contributed by atoms with van der Waals surface area (Å²) in [4.78, 5) is 24.9. The van der Waals surface area contributed by atoms with E-state index in [1.54, 1.807) is 36.0 Å². The standard InChI is InChI=1S/C17H23ClN2O3S/c1-24-9-7-15(17(22)19-10-12-6-8-23-11-12)20-16(21)13-4-2-3-5-14(13)18/h2-5,12,15H,6-11H2,1H3,(H,19,22)(H,20,21)/t12-,15-/m0/s1. The van der Waals surface area contributed by atoms with Crippen LogP contribution in [0.15, 0.2) is 24.3 Å². The Morgan fingerprint density at radius 1 is 1.42 bits per heavy atom. The van der Waals surface area contributed by atoms with Gasteiger partial charge < -0.3 is 15.4 Å². The summed E-state index contributed by atoms with van der Waals surface area (Å²) in [7, 11) is 0. The maximum absolute atomic E-state index is 12.4. The fourth-order valence-electron chi connectivity index (χ4n) is 2.50. The fraction of sp³-hybridized carbons (Fsp3) is 0.529. The first-order valence-corrected chi connectivity index (χ1v) is 9.78. The maximum Gasteiger partial charge on any atom is 0.253 e. The maximum atomic E-state index is 12.4. The molecule has 132 valence electrons. The van der Waals surface area contributed by atoms with Gasteiger partial charge >= 0.3 is 0 Å². The highest BCUT2D eigenvalue weighted by Crippen LogP contribution is 2.15. The average molecular weight is 371 g/mol. The third kappa shape index (κ3) is 5.69. The Balaban J connectivity index is 1.94. The zero-order chi connectivity index (χ0) is 17.4. The van der Waals surface area contributed by atoms with E-state index in [1.165, 1.54) is 0 Å². The highest BCUT2D eigenvalue weighted by molar-refractivity contribution is 7.98. The highest BCUT2D eigenvalue weighted by atomic mass is 35.5. The Bertz CT molecular complexity index is 565. The molecule has 0 saturated carbocycles. The molecule has 1 heterocycles. The molecule has 2 amide bonds. The van der Waals surface area contributed by atoms with Gasteiger partial charge in [-0.05, 0) is 37.0 Å². The van der Waals surface area contributed by atoms with E-state index in [-0.39, 0.29) is 11.8 Å². The lowest BCUT2D eigenvalue weighted by molar-refractivity contribution is -0.123. The number of ether oxygens (including phenoxy) is 1. The van der Waals surface area contributed by atoms with Crippen LogP contribution in [0.3, 0.4) is 0 Å². The van der Waals surface area contributed by atoms with Gasteiger partial charge in [-0.15, -0.1) is 0 Å². The predicted molar refractivity (Wildman–Crippen MR) is 97.6 cm³/mol. The van der Waals surface area contributed by atoms with Crippen LogP contribution in [-0.2, 0) is 9.53 Å². The lowest BCUT2D eigenvalue weighted by Crippen LogP contribution is -2.48. The summed E-state index contributed by atoms with van der Waals surface area (Å²) in [5.74, 6) is 0.657. The first-order chi connectivity index (χ1) is 11.6. The zero-order valence-corrected chi connectivity index (χ0v) is 15.3. The first-order valence-electron chi connectivity index (χ1n) is 8.01. The molecule has 1 saturated heterocycles. The molecular weight excluding hydrogens is 348 g/mol. The van der Waals surface area contributed by atoms with Crippen molar-refractivity contribution in [3.8, 4) is 0 Å². The van der Waals surface area contributed by atoms with Gasteiger partial charge in [-0.25, -0.2) is 0 Å². The second-order valence-corrected chi connectivity index (χ2v) is 7.15. The molecule has 0 bridgehead atoms. The van der Waals surface area contributed by atoms with Crippen molar-refractivity contribution in [1.82, 2.24) is 10.6 Å². The number of halogens is 1. The van der Waals surface area contributed by atoms with Crippen LogP contribution < -0.4 is 10.6 Å². The SMILES string of the molecule is CSCC[C@H](NC(=O)c1ccccc1Cl)C(=O)NC[C@@H]1CCOC1. The first kappa shape index (κ1) is 19.1. The van der Waals surface area contributed by atoms with Gasteiger partial charge in [0, 0.05) is 19.1 Å². The molecule has 0 aromatic heterocycles. The van der Waals surface area contributed by atoms with Crippen LogP contribution in [0.1, 0.15) is 23.2 Å². The molecule has 0 radical (unpaired) electrons. The minimum Gasteiger partial charge on any atom is -0.381 e. The summed E-state index contributed by atoms with van der Waals surface area (Å²) in [6.45, 7) is 2.01. The van der Waals surface area contributed by atoms with Gasteiger partial charge in [-0.1, -0.05) is 23.7 Å². The van der Waals surface area contributed by atoms with Crippen molar-refractivity contribution in [1.29, 1.82) is 0 Å². The summed E-state index contributed by atoms with van der Waals surface area (Å²) in [6, 6.07) is 6.26. The number of benzene rings is 1. The Hall–Kier alpha value is -1.24. The summed E-state index contributed by atoms with van der Waals surface area (Å²) < 4.78 is 5.31. The lowest BCUT2D eigenvalue weighted by Gasteiger charge is -2.19. The molecule has 1 aliphatic rings. The highest BCUT2D eigenvalue weighted by Gasteiger charge is 2.23. The fourth-order valence-corrected chi connectivity index (χ4v) is 3.19. The van der Waals surface area contributed by atoms with Crippen molar-refractivity contribution in [2.75, 3.05) is 31.8 Å². The van der Waals surface area contributed by atoms with Gasteiger partial charge in [-0.3, -0.25) is 9.59 Å². The van der Waals surface area contributed by atoms with Gasteiger partial charge in [0.05, 0.1) is 17.2 Å². The van der Waals surface area contributed by atoms with Gasteiger partial charge in [-0.2, -0.15) is 11.8 Å². The van der Waals surface area contributed by atoms with Crippen LogP contribution in [0.4, 0.5) is 0 Å². The summed E-state index contributed by atoms with van der Waals surface area (Å²) >= 11 is 7.69. The third-order valence-electron chi connectivity index (χ3n) is 3.94. The second-order valence-electron chi connectivity index (χ2n) is 5.76. The molecule has 0 aliphatic carbocycles. The van der Waals surface area contributed by atoms with Gasteiger partial charge in [0.15, 0.2) is 0 Å². The number of carbonyl (C=O) groups excluding carboxylic acids is 2. The number of hydrogen-bond acceptors (Lipinski definition) is 4. The second kappa shape index (κ2) is 9.91. The molecule has 1 aromatic carbocycles. The molecule has 2 atom stereocenters. The van der Waals surface area contributed by atoms with E-state index in [4.69, 9.17) is 16.3 Å². The van der Waals surface area contributed by atoms with Crippen molar-refractivity contribution < 1.29 is 14.3 Å². The third-order valence-corrected chi connectivity index (χ3v) is 4.91. The largest absolute Gasteiger partial charge is 0.381 e. The van der Waals surface area contributed by atoms with E-state index in [0.717, 1.165) is 18.8 Å². The van der Waals surface area contributed by atoms with E-state index < -0.39 is 6.04 Å². The molecule has 1 aromatic rings. The van der Waals surface area contributed by atoms with Crippen LogP contribution >= 0.6 is 23.4 Å². The summed E-state index contributed by atoms with van der Waals surface area (Å²) in [6.07, 6.45) is 3.51. The summed E-state index contributed by atoms with van der Waals surface area (Å²) in [5, 5.41) is 6.11. The average Bonchev–Trinajstić information content (AvgIpc) is 3.10. The number of thioether (sulfide) groups is 1. The number of nitrogens with one attached hydrogen (secondary N) is 2. The van der Waals surface area contributed by atoms with Gasteiger partial charge in [0.1, 0.15) is 6.04 Å². The van der Waals surface area contributed by atoms with Crippen LogP contribution in [0.25, 0.3) is 0 Å². The zero-order valence-electron chi connectivity index (χ0n) is 13.7. The number of hydrogen-bond donors (Lipinski definition) is 2. The number of carbonyl (C=O) groups is 2. The molecule has 0 unspecified atom stereocenters.